The number of rotatable bonds is 5. The van der Waals surface area contributed by atoms with Crippen LogP contribution in [0.15, 0.2) is 60.9 Å². The average Bonchev–Trinajstić information content (AvgIpc) is 3.38. The summed E-state index contributed by atoms with van der Waals surface area (Å²) in [5.41, 5.74) is 4.66. The molecule has 0 aliphatic heterocycles. The molecule has 0 spiro atoms. The van der Waals surface area contributed by atoms with Gasteiger partial charge < -0.3 is 10.3 Å². The van der Waals surface area contributed by atoms with Crippen molar-refractivity contribution in [2.75, 3.05) is 0 Å². The lowest BCUT2D eigenvalue weighted by Gasteiger charge is -2.24. The molecule has 5 nitrogen and oxygen atoms in total. The average molecular weight is 402 g/mol. The van der Waals surface area contributed by atoms with Gasteiger partial charge in [-0.1, -0.05) is 30.3 Å². The van der Waals surface area contributed by atoms with Crippen LogP contribution in [0.3, 0.4) is 0 Å². The number of fused-ring (bicyclic) bond motifs is 2. The van der Waals surface area contributed by atoms with Gasteiger partial charge in [0.2, 0.25) is 5.91 Å². The molecule has 152 valence electrons. The van der Waals surface area contributed by atoms with Crippen LogP contribution in [-0.4, -0.2) is 20.7 Å². The molecule has 2 heterocycles. The van der Waals surface area contributed by atoms with Gasteiger partial charge in [-0.05, 0) is 49.4 Å². The Hall–Kier alpha value is -3.41. The minimum atomic E-state index is -0.298. The lowest BCUT2D eigenvalue weighted by atomic mass is 9.92. The van der Waals surface area contributed by atoms with E-state index in [0.717, 1.165) is 47.0 Å². The fourth-order valence-electron chi connectivity index (χ4n) is 4.39. The summed E-state index contributed by atoms with van der Waals surface area (Å²) in [6.07, 6.45) is 7.49. The molecule has 1 aliphatic rings. The lowest BCUT2D eigenvalue weighted by molar-refractivity contribution is -0.121. The van der Waals surface area contributed by atoms with Crippen LogP contribution >= 0.6 is 0 Å². The van der Waals surface area contributed by atoms with Crippen molar-refractivity contribution < 1.29 is 9.18 Å². The molecule has 0 radical (unpaired) electrons. The quantitative estimate of drug-likeness (QED) is 0.512. The second kappa shape index (κ2) is 7.78. The molecule has 0 fully saturated rings. The number of hydrogen-bond acceptors (Lipinski definition) is 2. The van der Waals surface area contributed by atoms with Crippen molar-refractivity contribution in [1.82, 2.24) is 20.1 Å². The van der Waals surface area contributed by atoms with Crippen molar-refractivity contribution in [3.63, 3.8) is 0 Å². The molecule has 30 heavy (non-hydrogen) atoms. The molecule has 2 N–H and O–H groups in total. The number of aromatic amines is 1. The van der Waals surface area contributed by atoms with Crippen LogP contribution in [0.25, 0.3) is 16.6 Å². The molecule has 1 amide bonds. The van der Waals surface area contributed by atoms with Gasteiger partial charge in [0.15, 0.2) is 0 Å². The third-order valence-corrected chi connectivity index (χ3v) is 5.90. The number of amides is 1. The van der Waals surface area contributed by atoms with Crippen LogP contribution in [-0.2, 0) is 17.6 Å². The predicted molar refractivity (Wildman–Crippen MR) is 114 cm³/mol. The van der Waals surface area contributed by atoms with E-state index in [4.69, 9.17) is 0 Å². The Morgan fingerprint density at radius 3 is 2.93 bits per heavy atom. The third kappa shape index (κ3) is 3.38. The van der Waals surface area contributed by atoms with Crippen molar-refractivity contribution in [1.29, 1.82) is 0 Å². The fourth-order valence-corrected chi connectivity index (χ4v) is 4.39. The highest BCUT2D eigenvalue weighted by molar-refractivity contribution is 5.84. The van der Waals surface area contributed by atoms with Gasteiger partial charge in [-0.2, -0.15) is 5.10 Å². The summed E-state index contributed by atoms with van der Waals surface area (Å²) in [7, 11) is 0. The Kier molecular flexibility index (Phi) is 4.83. The maximum absolute atomic E-state index is 14.2. The molecule has 1 unspecified atom stereocenters. The Morgan fingerprint density at radius 2 is 2.03 bits per heavy atom. The molecule has 2 aromatic heterocycles. The van der Waals surface area contributed by atoms with E-state index >= 15 is 0 Å². The van der Waals surface area contributed by atoms with Crippen molar-refractivity contribution in [3.8, 4) is 5.69 Å². The number of aromatic nitrogens is 3. The first-order chi connectivity index (χ1) is 14.7. The number of nitrogens with zero attached hydrogens (tertiary/aromatic N) is 2. The van der Waals surface area contributed by atoms with Crippen LogP contribution in [0.2, 0.25) is 0 Å². The number of hydrogen-bond donors (Lipinski definition) is 2. The van der Waals surface area contributed by atoms with Gasteiger partial charge in [-0.25, -0.2) is 9.07 Å². The molecule has 6 heteroatoms. The normalized spacial score (nSPS) is 15.8. The topological polar surface area (TPSA) is 62.7 Å². The fraction of sp³-hybridized carbons (Fsp3) is 0.250. The van der Waals surface area contributed by atoms with E-state index in [-0.39, 0.29) is 17.8 Å². The highest BCUT2D eigenvalue weighted by Gasteiger charge is 2.26. The number of nitrogens with one attached hydrogen (secondary N) is 2. The van der Waals surface area contributed by atoms with E-state index in [1.54, 1.807) is 29.1 Å². The summed E-state index contributed by atoms with van der Waals surface area (Å²) in [4.78, 5) is 15.9. The number of carbonyl (C=O) groups is 1. The van der Waals surface area contributed by atoms with E-state index in [1.807, 2.05) is 24.4 Å². The van der Waals surface area contributed by atoms with Gasteiger partial charge >= 0.3 is 0 Å². The summed E-state index contributed by atoms with van der Waals surface area (Å²) < 4.78 is 15.9. The first kappa shape index (κ1) is 18.6. The number of aryl methyl sites for hydroxylation is 1. The monoisotopic (exact) mass is 402 g/mol. The van der Waals surface area contributed by atoms with Crippen LogP contribution in [0.4, 0.5) is 4.39 Å². The zero-order valence-electron chi connectivity index (χ0n) is 16.6. The number of carbonyl (C=O) groups excluding carboxylic acids is 1. The summed E-state index contributed by atoms with van der Waals surface area (Å²) in [6.45, 7) is 0. The summed E-state index contributed by atoms with van der Waals surface area (Å²) >= 11 is 0. The van der Waals surface area contributed by atoms with E-state index in [1.165, 1.54) is 6.07 Å². The minimum absolute atomic E-state index is 0.0248. The Bertz CT molecular complexity index is 1210. The second-order valence-electron chi connectivity index (χ2n) is 7.78. The second-order valence-corrected chi connectivity index (χ2v) is 7.78. The molecular formula is C24H23FN4O. The van der Waals surface area contributed by atoms with Crippen LogP contribution in [0.5, 0.6) is 0 Å². The van der Waals surface area contributed by atoms with Crippen molar-refractivity contribution in [2.24, 2.45) is 0 Å². The number of H-pyrrole nitrogens is 1. The zero-order valence-corrected chi connectivity index (χ0v) is 16.6. The Labute approximate surface area is 173 Å². The van der Waals surface area contributed by atoms with Gasteiger partial charge in [0.05, 0.1) is 12.2 Å². The molecule has 0 saturated carbocycles. The molecule has 1 atom stereocenters. The highest BCUT2D eigenvalue weighted by atomic mass is 19.1. The van der Waals surface area contributed by atoms with Crippen molar-refractivity contribution >= 4 is 16.8 Å². The number of para-hydroxylation sites is 2. The number of halogens is 1. The smallest absolute Gasteiger partial charge is 0.220 e. The molecule has 0 saturated heterocycles. The maximum atomic E-state index is 14.2. The van der Waals surface area contributed by atoms with E-state index in [9.17, 15) is 9.18 Å². The highest BCUT2D eigenvalue weighted by Crippen LogP contribution is 2.31. The van der Waals surface area contributed by atoms with Gasteiger partial charge in [0.1, 0.15) is 11.5 Å². The summed E-state index contributed by atoms with van der Waals surface area (Å²) in [5, 5.41) is 8.76. The first-order valence-corrected chi connectivity index (χ1v) is 10.4. The largest absolute Gasteiger partial charge is 0.361 e. The number of benzene rings is 2. The van der Waals surface area contributed by atoms with E-state index in [0.29, 0.717) is 18.5 Å². The maximum Gasteiger partial charge on any atom is 0.220 e. The van der Waals surface area contributed by atoms with Crippen LogP contribution < -0.4 is 5.32 Å². The van der Waals surface area contributed by atoms with E-state index in [2.05, 4.69) is 21.5 Å². The molecule has 2 aromatic carbocycles. The van der Waals surface area contributed by atoms with Crippen molar-refractivity contribution in [2.45, 2.75) is 38.1 Å². The van der Waals surface area contributed by atoms with Crippen LogP contribution in [0.1, 0.15) is 42.1 Å². The summed E-state index contributed by atoms with van der Waals surface area (Å²) in [6, 6.07) is 14.7. The van der Waals surface area contributed by atoms with Crippen LogP contribution in [0, 0.1) is 5.82 Å². The summed E-state index contributed by atoms with van der Waals surface area (Å²) in [5.74, 6) is -0.273. The Balaban J connectivity index is 1.30. The molecule has 0 bridgehead atoms. The molecule has 1 aliphatic carbocycles. The van der Waals surface area contributed by atoms with Gasteiger partial charge in [-0.3, -0.25) is 4.79 Å². The molecule has 4 aromatic rings. The third-order valence-electron chi connectivity index (χ3n) is 5.90. The lowest BCUT2D eigenvalue weighted by Crippen LogP contribution is -2.31. The van der Waals surface area contributed by atoms with E-state index < -0.39 is 0 Å². The van der Waals surface area contributed by atoms with Gasteiger partial charge in [-0.15, -0.1) is 0 Å². The van der Waals surface area contributed by atoms with Gasteiger partial charge in [0, 0.05) is 34.8 Å². The minimum Gasteiger partial charge on any atom is -0.361 e. The predicted octanol–water partition coefficient (Wildman–Crippen LogP) is 4.62. The Morgan fingerprint density at radius 1 is 1.20 bits per heavy atom. The molecular weight excluding hydrogens is 379 g/mol. The zero-order chi connectivity index (χ0) is 20.5. The SMILES string of the molecule is O=C(CCc1c[nH]c2ccccc12)NC1CCCc2c1cnn2-c1ccccc1F. The molecule has 5 rings (SSSR count). The standard InChI is InChI=1S/C24H23FN4O/c25-19-7-2-4-10-23(19)29-22-11-5-9-21(18(22)15-27-29)28-24(30)13-12-16-14-26-20-8-3-1-6-17(16)20/h1-4,6-8,10,14-15,21,26H,5,9,11-13H2,(H,28,30). The first-order valence-electron chi connectivity index (χ1n) is 10.4. The van der Waals surface area contributed by atoms with Crippen molar-refractivity contribution in [3.05, 3.63) is 83.6 Å². The van der Waals surface area contributed by atoms with Gasteiger partial charge in [0.25, 0.3) is 0 Å².